The Balaban J connectivity index is 2.97. The number of aromatic nitrogens is 1. The molecule has 2 amide bonds. The summed E-state index contributed by atoms with van der Waals surface area (Å²) in [5.41, 5.74) is 5.00. The van der Waals surface area contributed by atoms with Crippen LogP contribution < -0.4 is 10.5 Å². The van der Waals surface area contributed by atoms with Gasteiger partial charge in [-0.1, -0.05) is 0 Å². The highest BCUT2D eigenvalue weighted by Crippen LogP contribution is 2.14. The average Bonchev–Trinajstić information content (AvgIpc) is 2.60. The molecule has 8 nitrogen and oxygen atoms in total. The zero-order valence-corrected chi connectivity index (χ0v) is 10.5. The second-order valence-electron chi connectivity index (χ2n) is 3.50. The minimum atomic E-state index is -0.547. The number of carbonyl (C=O) groups is 2. The van der Waals surface area contributed by atoms with Crippen molar-refractivity contribution in [2.24, 2.45) is 10.7 Å². The molecular formula is C9H12N4O4S. The molecule has 1 aromatic rings. The highest BCUT2D eigenvalue weighted by Gasteiger charge is 2.12. The summed E-state index contributed by atoms with van der Waals surface area (Å²) >= 11 is 0.815. The van der Waals surface area contributed by atoms with Gasteiger partial charge in [0.15, 0.2) is 4.80 Å². The molecule has 98 valence electrons. The summed E-state index contributed by atoms with van der Waals surface area (Å²) in [6, 6.07) is 0. The van der Waals surface area contributed by atoms with Gasteiger partial charge in [-0.25, -0.2) is 0 Å². The highest BCUT2D eigenvalue weighted by molar-refractivity contribution is 7.12. The topological polar surface area (TPSA) is 121 Å². The number of hydrogen-bond donors (Lipinski definition) is 1. The van der Waals surface area contributed by atoms with Gasteiger partial charge in [-0.2, -0.15) is 4.99 Å². The number of carbonyl (C=O) groups excluding carboxylic acids is 2. The van der Waals surface area contributed by atoms with Gasteiger partial charge in [0.1, 0.15) is 0 Å². The van der Waals surface area contributed by atoms with E-state index in [2.05, 4.69) is 4.99 Å². The molecule has 0 aliphatic rings. The second kappa shape index (κ2) is 6.05. The van der Waals surface area contributed by atoms with Gasteiger partial charge in [-0.3, -0.25) is 19.7 Å². The van der Waals surface area contributed by atoms with Crippen molar-refractivity contribution in [3.05, 3.63) is 21.1 Å². The Hall–Kier alpha value is -2.03. The van der Waals surface area contributed by atoms with Crippen molar-refractivity contribution in [2.75, 3.05) is 0 Å². The first kappa shape index (κ1) is 14.0. The summed E-state index contributed by atoms with van der Waals surface area (Å²) in [6.07, 6.45) is 1.91. The fourth-order valence-corrected chi connectivity index (χ4v) is 2.13. The maximum absolute atomic E-state index is 10.9. The van der Waals surface area contributed by atoms with Crippen LogP contribution in [0.1, 0.15) is 19.8 Å². The number of rotatable bonds is 5. The number of primary amides is 1. The molecule has 0 aliphatic heterocycles. The molecule has 0 atom stereocenters. The van der Waals surface area contributed by atoms with Gasteiger partial charge in [0.25, 0.3) is 0 Å². The maximum atomic E-state index is 10.9. The van der Waals surface area contributed by atoms with Crippen LogP contribution in [0.4, 0.5) is 5.00 Å². The van der Waals surface area contributed by atoms with Gasteiger partial charge in [0, 0.05) is 19.9 Å². The van der Waals surface area contributed by atoms with Gasteiger partial charge in [0.2, 0.25) is 11.8 Å². The van der Waals surface area contributed by atoms with Crippen molar-refractivity contribution < 1.29 is 14.5 Å². The van der Waals surface area contributed by atoms with Crippen LogP contribution in [0, 0.1) is 10.1 Å². The quantitative estimate of drug-likeness (QED) is 0.606. The Morgan fingerprint density at radius 2 is 2.28 bits per heavy atom. The molecular weight excluding hydrogens is 260 g/mol. The van der Waals surface area contributed by atoms with Gasteiger partial charge in [-0.05, 0) is 17.8 Å². The SMILES string of the molecule is CC(=O)N=c1sc([N+](=O)[O-])cn1CCCC(N)=O. The number of thiazole rings is 1. The third-order valence-corrected chi connectivity index (χ3v) is 2.94. The van der Waals surface area contributed by atoms with Crippen LogP contribution in [0.2, 0.25) is 0 Å². The third kappa shape index (κ3) is 4.09. The molecule has 1 rings (SSSR count). The number of nitrogens with two attached hydrogens (primary N) is 1. The second-order valence-corrected chi connectivity index (χ2v) is 4.49. The molecule has 0 aromatic carbocycles. The third-order valence-electron chi connectivity index (χ3n) is 1.96. The zero-order valence-electron chi connectivity index (χ0n) is 9.66. The number of nitro groups is 1. The first-order chi connectivity index (χ1) is 8.40. The van der Waals surface area contributed by atoms with Crippen LogP contribution in [-0.4, -0.2) is 21.3 Å². The van der Waals surface area contributed by atoms with E-state index in [4.69, 9.17) is 5.73 Å². The minimum absolute atomic E-state index is 0.103. The zero-order chi connectivity index (χ0) is 13.7. The van der Waals surface area contributed by atoms with Gasteiger partial charge in [0.05, 0.1) is 11.1 Å². The van der Waals surface area contributed by atoms with E-state index in [1.807, 2.05) is 0 Å². The van der Waals surface area contributed by atoms with Crippen molar-refractivity contribution in [3.63, 3.8) is 0 Å². The molecule has 2 N–H and O–H groups in total. The van der Waals surface area contributed by atoms with E-state index in [1.54, 1.807) is 0 Å². The average molecular weight is 272 g/mol. The molecule has 0 radical (unpaired) electrons. The van der Waals surface area contributed by atoms with Crippen molar-refractivity contribution in [3.8, 4) is 0 Å². The molecule has 9 heteroatoms. The van der Waals surface area contributed by atoms with Crippen LogP contribution in [0.5, 0.6) is 0 Å². The summed E-state index contributed by atoms with van der Waals surface area (Å²) in [4.78, 5) is 35.5. The summed E-state index contributed by atoms with van der Waals surface area (Å²) in [5.74, 6) is -0.874. The van der Waals surface area contributed by atoms with E-state index in [9.17, 15) is 19.7 Å². The molecule has 0 aliphatic carbocycles. The Bertz CT molecular complexity index is 545. The van der Waals surface area contributed by atoms with Crippen LogP contribution in [0.3, 0.4) is 0 Å². The maximum Gasteiger partial charge on any atom is 0.343 e. The first-order valence-electron chi connectivity index (χ1n) is 5.08. The Morgan fingerprint density at radius 3 is 2.78 bits per heavy atom. The lowest BCUT2D eigenvalue weighted by molar-refractivity contribution is -0.380. The Morgan fingerprint density at radius 1 is 1.61 bits per heavy atom. The van der Waals surface area contributed by atoms with Crippen molar-refractivity contribution in [1.82, 2.24) is 4.57 Å². The summed E-state index contributed by atoms with van der Waals surface area (Å²) in [6.45, 7) is 1.61. The molecule has 1 heterocycles. The Kier molecular flexibility index (Phi) is 4.72. The van der Waals surface area contributed by atoms with E-state index >= 15 is 0 Å². The standard InChI is InChI=1S/C9H12N4O4S/c1-6(14)11-9-12(4-2-3-7(10)15)5-8(18-9)13(16)17/h5H,2-4H2,1H3,(H2,10,15). The Labute approximate surface area is 106 Å². The van der Waals surface area contributed by atoms with Gasteiger partial charge in [-0.15, -0.1) is 0 Å². The summed E-state index contributed by atoms with van der Waals surface area (Å²) in [5, 5.41) is 10.5. The number of nitrogens with zero attached hydrogens (tertiary/aromatic N) is 3. The molecule has 0 fully saturated rings. The van der Waals surface area contributed by atoms with Crippen LogP contribution >= 0.6 is 11.3 Å². The lowest BCUT2D eigenvalue weighted by Crippen LogP contribution is -2.17. The van der Waals surface area contributed by atoms with Crippen molar-refractivity contribution in [2.45, 2.75) is 26.3 Å². The predicted octanol–water partition coefficient (Wildman–Crippen LogP) is 0.171. The predicted molar refractivity (Wildman–Crippen MR) is 63.6 cm³/mol. The molecule has 18 heavy (non-hydrogen) atoms. The number of amides is 2. The van der Waals surface area contributed by atoms with E-state index in [1.165, 1.54) is 17.7 Å². The highest BCUT2D eigenvalue weighted by atomic mass is 32.1. The summed E-state index contributed by atoms with van der Waals surface area (Å²) in [7, 11) is 0. The number of aryl methyl sites for hydroxylation is 1. The first-order valence-corrected chi connectivity index (χ1v) is 5.90. The smallest absolute Gasteiger partial charge is 0.343 e. The number of hydrogen-bond acceptors (Lipinski definition) is 5. The molecule has 1 aromatic heterocycles. The normalized spacial score (nSPS) is 11.5. The van der Waals surface area contributed by atoms with E-state index in [0.717, 1.165) is 11.3 Å². The van der Waals surface area contributed by atoms with Crippen LogP contribution in [0.15, 0.2) is 11.2 Å². The molecule has 0 bridgehead atoms. The molecule has 0 saturated carbocycles. The fraction of sp³-hybridized carbons (Fsp3) is 0.444. The molecule has 0 unspecified atom stereocenters. The van der Waals surface area contributed by atoms with E-state index in [-0.39, 0.29) is 16.2 Å². The largest absolute Gasteiger partial charge is 0.370 e. The van der Waals surface area contributed by atoms with Crippen LogP contribution in [0.25, 0.3) is 0 Å². The van der Waals surface area contributed by atoms with Crippen LogP contribution in [-0.2, 0) is 16.1 Å². The molecule has 0 saturated heterocycles. The monoisotopic (exact) mass is 272 g/mol. The van der Waals surface area contributed by atoms with Crippen molar-refractivity contribution >= 4 is 28.2 Å². The van der Waals surface area contributed by atoms with Gasteiger partial charge >= 0.3 is 5.00 Å². The minimum Gasteiger partial charge on any atom is -0.370 e. The summed E-state index contributed by atoms with van der Waals surface area (Å²) < 4.78 is 1.48. The molecule has 0 spiro atoms. The van der Waals surface area contributed by atoms with E-state index < -0.39 is 16.7 Å². The van der Waals surface area contributed by atoms with Crippen molar-refractivity contribution in [1.29, 1.82) is 0 Å². The van der Waals surface area contributed by atoms with E-state index in [0.29, 0.717) is 13.0 Å². The van der Waals surface area contributed by atoms with Gasteiger partial charge < -0.3 is 10.3 Å². The lowest BCUT2D eigenvalue weighted by Gasteiger charge is -1.99. The lowest BCUT2D eigenvalue weighted by atomic mass is 10.3. The fourth-order valence-electron chi connectivity index (χ4n) is 1.26.